The zero-order valence-electron chi connectivity index (χ0n) is 12.4. The highest BCUT2D eigenvalue weighted by Crippen LogP contribution is 2.21. The predicted octanol–water partition coefficient (Wildman–Crippen LogP) is 3.02. The molecule has 0 saturated heterocycles. The van der Waals surface area contributed by atoms with E-state index in [0.717, 1.165) is 22.7 Å². The van der Waals surface area contributed by atoms with Crippen molar-refractivity contribution in [1.82, 2.24) is 14.9 Å². The molecule has 0 aliphatic rings. The molecular formula is C16H18N4O. The lowest BCUT2D eigenvalue weighted by Crippen LogP contribution is -2.15. The van der Waals surface area contributed by atoms with Crippen LogP contribution < -0.4 is 4.90 Å². The van der Waals surface area contributed by atoms with E-state index in [1.54, 1.807) is 10.9 Å². The van der Waals surface area contributed by atoms with Crippen LogP contribution in [0, 0.1) is 6.92 Å². The number of hydrogen-bond acceptors (Lipinski definition) is 4. The van der Waals surface area contributed by atoms with Crippen LogP contribution in [0.25, 0.3) is 11.3 Å². The Morgan fingerprint density at radius 2 is 2.14 bits per heavy atom. The zero-order valence-corrected chi connectivity index (χ0v) is 12.4. The molecule has 0 saturated carbocycles. The van der Waals surface area contributed by atoms with Crippen LogP contribution >= 0.6 is 0 Å². The highest BCUT2D eigenvalue weighted by atomic mass is 16.5. The third-order valence-corrected chi connectivity index (χ3v) is 3.40. The minimum absolute atomic E-state index is 0.677. The highest BCUT2D eigenvalue weighted by Gasteiger charge is 2.10. The second kappa shape index (κ2) is 5.44. The van der Waals surface area contributed by atoms with E-state index in [2.05, 4.69) is 46.3 Å². The van der Waals surface area contributed by atoms with Crippen molar-refractivity contribution in [3.05, 3.63) is 54.0 Å². The van der Waals surface area contributed by atoms with Crippen LogP contribution in [0.3, 0.4) is 0 Å². The summed E-state index contributed by atoms with van der Waals surface area (Å²) in [6, 6.07) is 10.3. The molecule has 108 valence electrons. The van der Waals surface area contributed by atoms with Gasteiger partial charge in [-0.05, 0) is 24.6 Å². The summed E-state index contributed by atoms with van der Waals surface area (Å²) in [5.74, 6) is 0.831. The third-order valence-electron chi connectivity index (χ3n) is 3.40. The fraction of sp³-hybridized carbons (Fsp3) is 0.250. The van der Waals surface area contributed by atoms with E-state index in [-0.39, 0.29) is 0 Å². The maximum absolute atomic E-state index is 5.42. The maximum Gasteiger partial charge on any atom is 0.156 e. The van der Waals surface area contributed by atoms with Gasteiger partial charge in [-0.25, -0.2) is 0 Å². The molecule has 0 aliphatic heterocycles. The van der Waals surface area contributed by atoms with Gasteiger partial charge in [-0.15, -0.1) is 0 Å². The summed E-state index contributed by atoms with van der Waals surface area (Å²) in [5, 5.41) is 8.25. The molecule has 3 rings (SSSR count). The quantitative estimate of drug-likeness (QED) is 0.738. The Labute approximate surface area is 123 Å². The van der Waals surface area contributed by atoms with E-state index >= 15 is 0 Å². The Bertz CT molecular complexity index is 744. The van der Waals surface area contributed by atoms with Gasteiger partial charge in [0, 0.05) is 37.6 Å². The summed E-state index contributed by atoms with van der Waals surface area (Å²) in [6.07, 6.45) is 3.71. The van der Waals surface area contributed by atoms with Crippen LogP contribution in [0.1, 0.15) is 11.3 Å². The molecule has 5 heteroatoms. The molecule has 0 amide bonds. The molecule has 21 heavy (non-hydrogen) atoms. The molecule has 2 aromatic heterocycles. The van der Waals surface area contributed by atoms with Crippen LogP contribution in [0.2, 0.25) is 0 Å². The molecule has 0 atom stereocenters. The lowest BCUT2D eigenvalue weighted by molar-refractivity contribution is 0.385. The molecule has 5 nitrogen and oxygen atoms in total. The van der Waals surface area contributed by atoms with Gasteiger partial charge >= 0.3 is 0 Å². The Morgan fingerprint density at radius 1 is 1.29 bits per heavy atom. The molecular weight excluding hydrogens is 264 g/mol. The van der Waals surface area contributed by atoms with Crippen LogP contribution in [0.4, 0.5) is 5.69 Å². The molecule has 0 N–H and O–H groups in total. The minimum atomic E-state index is 0.677. The number of rotatable bonds is 4. The number of nitrogens with zero attached hydrogens (tertiary/aromatic N) is 4. The van der Waals surface area contributed by atoms with Gasteiger partial charge in [0.05, 0.1) is 12.7 Å². The average molecular weight is 282 g/mol. The first-order chi connectivity index (χ1) is 10.1. The van der Waals surface area contributed by atoms with Crippen molar-refractivity contribution >= 4 is 5.69 Å². The molecule has 1 aromatic carbocycles. The second-order valence-electron chi connectivity index (χ2n) is 5.28. The fourth-order valence-corrected chi connectivity index (χ4v) is 2.27. The molecule has 3 aromatic rings. The van der Waals surface area contributed by atoms with Gasteiger partial charge in [0.15, 0.2) is 5.76 Å². The van der Waals surface area contributed by atoms with Crippen molar-refractivity contribution in [3.8, 4) is 11.3 Å². The average Bonchev–Trinajstić information content (AvgIpc) is 3.07. The van der Waals surface area contributed by atoms with E-state index in [1.807, 2.05) is 26.4 Å². The van der Waals surface area contributed by atoms with Crippen molar-refractivity contribution in [2.75, 3.05) is 11.9 Å². The van der Waals surface area contributed by atoms with E-state index in [1.165, 1.54) is 5.56 Å². The molecule has 0 fully saturated rings. The van der Waals surface area contributed by atoms with Gasteiger partial charge in [0.1, 0.15) is 5.69 Å². The fourth-order valence-electron chi connectivity index (χ4n) is 2.27. The summed E-state index contributed by atoms with van der Waals surface area (Å²) in [5.41, 5.74) is 4.18. The van der Waals surface area contributed by atoms with Crippen molar-refractivity contribution < 1.29 is 4.52 Å². The van der Waals surface area contributed by atoms with Crippen molar-refractivity contribution in [3.63, 3.8) is 0 Å². The molecule has 0 unspecified atom stereocenters. The summed E-state index contributed by atoms with van der Waals surface area (Å²) < 4.78 is 7.17. The zero-order chi connectivity index (χ0) is 14.8. The van der Waals surface area contributed by atoms with Crippen molar-refractivity contribution in [2.24, 2.45) is 7.05 Å². The highest BCUT2D eigenvalue weighted by molar-refractivity contribution is 5.56. The maximum atomic E-state index is 5.42. The van der Waals surface area contributed by atoms with Gasteiger partial charge in [-0.2, -0.15) is 5.10 Å². The number of benzene rings is 1. The van der Waals surface area contributed by atoms with Crippen LogP contribution in [0.5, 0.6) is 0 Å². The summed E-state index contributed by atoms with van der Waals surface area (Å²) in [4.78, 5) is 2.14. The van der Waals surface area contributed by atoms with E-state index in [0.29, 0.717) is 6.54 Å². The SMILES string of the molecule is Cc1cccc(N(C)Cc2cc(-c3cnn(C)c3)no2)c1. The van der Waals surface area contributed by atoms with Crippen molar-refractivity contribution in [2.45, 2.75) is 13.5 Å². The Kier molecular flexibility index (Phi) is 3.48. The lowest BCUT2D eigenvalue weighted by atomic mass is 10.2. The Morgan fingerprint density at radius 3 is 2.86 bits per heavy atom. The summed E-state index contributed by atoms with van der Waals surface area (Å²) in [7, 11) is 3.93. The van der Waals surface area contributed by atoms with Crippen LogP contribution in [-0.2, 0) is 13.6 Å². The van der Waals surface area contributed by atoms with Crippen LogP contribution in [0.15, 0.2) is 47.2 Å². The first-order valence-corrected chi connectivity index (χ1v) is 6.84. The number of hydrogen-bond donors (Lipinski definition) is 0. The van der Waals surface area contributed by atoms with E-state index < -0.39 is 0 Å². The van der Waals surface area contributed by atoms with Gasteiger partial charge in [0.25, 0.3) is 0 Å². The first kappa shape index (κ1) is 13.4. The minimum Gasteiger partial charge on any atom is -0.367 e. The van der Waals surface area contributed by atoms with E-state index in [9.17, 15) is 0 Å². The van der Waals surface area contributed by atoms with Gasteiger partial charge < -0.3 is 9.42 Å². The summed E-state index contributed by atoms with van der Waals surface area (Å²) >= 11 is 0. The number of anilines is 1. The monoisotopic (exact) mass is 282 g/mol. The molecule has 0 radical (unpaired) electrons. The number of aromatic nitrogens is 3. The topological polar surface area (TPSA) is 47.1 Å². The standard InChI is InChI=1S/C16H18N4O/c1-12-5-4-6-14(7-12)19(2)11-15-8-16(18-21-15)13-9-17-20(3)10-13/h4-10H,11H2,1-3H3. The predicted molar refractivity (Wildman–Crippen MR) is 82.0 cm³/mol. The number of aryl methyl sites for hydroxylation is 2. The largest absolute Gasteiger partial charge is 0.367 e. The van der Waals surface area contributed by atoms with Gasteiger partial charge in [-0.3, -0.25) is 4.68 Å². The smallest absolute Gasteiger partial charge is 0.156 e. The molecule has 2 heterocycles. The summed E-state index contributed by atoms with van der Waals surface area (Å²) in [6.45, 7) is 2.77. The second-order valence-corrected chi connectivity index (χ2v) is 5.28. The Balaban J connectivity index is 1.75. The van der Waals surface area contributed by atoms with Gasteiger partial charge in [0.2, 0.25) is 0 Å². The lowest BCUT2D eigenvalue weighted by Gasteiger charge is -2.17. The molecule has 0 spiro atoms. The normalized spacial score (nSPS) is 10.8. The van der Waals surface area contributed by atoms with Gasteiger partial charge in [-0.1, -0.05) is 17.3 Å². The van der Waals surface area contributed by atoms with Crippen molar-refractivity contribution in [1.29, 1.82) is 0 Å². The molecule has 0 aliphatic carbocycles. The Hall–Kier alpha value is -2.56. The first-order valence-electron chi connectivity index (χ1n) is 6.84. The third kappa shape index (κ3) is 2.97. The van der Waals surface area contributed by atoms with Crippen LogP contribution in [-0.4, -0.2) is 22.0 Å². The molecule has 0 bridgehead atoms. The van der Waals surface area contributed by atoms with E-state index in [4.69, 9.17) is 4.52 Å².